The summed E-state index contributed by atoms with van der Waals surface area (Å²) < 4.78 is 5.13. The van der Waals surface area contributed by atoms with Crippen LogP contribution in [0.4, 0.5) is 4.79 Å². The number of thioether (sulfide) groups is 1. The zero-order chi connectivity index (χ0) is 20.0. The molecule has 0 saturated heterocycles. The van der Waals surface area contributed by atoms with Crippen LogP contribution < -0.4 is 11.1 Å². The fourth-order valence-corrected chi connectivity index (χ4v) is 3.20. The second kappa shape index (κ2) is 9.13. The average Bonchev–Trinajstić information content (AvgIpc) is 2.58. The highest BCUT2D eigenvalue weighted by Crippen LogP contribution is 2.23. The Morgan fingerprint density at radius 2 is 1.81 bits per heavy atom. The second-order valence-corrected chi connectivity index (χ2v) is 6.72. The zero-order valence-electron chi connectivity index (χ0n) is 15.2. The van der Waals surface area contributed by atoms with Gasteiger partial charge >= 0.3 is 12.0 Å². The number of nitrogens with two attached hydrogens (primary N) is 1. The van der Waals surface area contributed by atoms with E-state index < -0.39 is 24.0 Å². The molecular formula is C18H20N4O4S. The van der Waals surface area contributed by atoms with Crippen molar-refractivity contribution in [2.75, 3.05) is 0 Å². The zero-order valence-corrected chi connectivity index (χ0v) is 16.0. The number of rotatable bonds is 6. The number of aryl methyl sites for hydroxylation is 2. The fourth-order valence-electron chi connectivity index (χ4n) is 2.25. The summed E-state index contributed by atoms with van der Waals surface area (Å²) in [5.74, 6) is -0.998. The van der Waals surface area contributed by atoms with Crippen molar-refractivity contribution in [3.63, 3.8) is 0 Å². The van der Waals surface area contributed by atoms with Crippen LogP contribution in [0.1, 0.15) is 34.2 Å². The lowest BCUT2D eigenvalue weighted by Gasteiger charge is -2.14. The standard InChI is InChI=1S/C18H20N4O4S/c1-10-8-11(2)21-18(20-10)27-9-13-6-4-5-7-14(13)16(24)26-12(3)15(23)22-17(19)25/h4-8,12H,9H2,1-3H3,(H3,19,22,23,25)/t12-/m1/s1. The van der Waals surface area contributed by atoms with E-state index in [2.05, 4.69) is 9.97 Å². The van der Waals surface area contributed by atoms with Crippen molar-refractivity contribution >= 4 is 29.7 Å². The van der Waals surface area contributed by atoms with Crippen molar-refractivity contribution < 1.29 is 19.1 Å². The van der Waals surface area contributed by atoms with Crippen LogP contribution in [0, 0.1) is 13.8 Å². The van der Waals surface area contributed by atoms with Gasteiger partial charge in [0.2, 0.25) is 0 Å². The van der Waals surface area contributed by atoms with Crippen LogP contribution in [0.25, 0.3) is 0 Å². The molecule has 0 fully saturated rings. The maximum absolute atomic E-state index is 12.4. The minimum atomic E-state index is -1.16. The molecule has 2 aromatic rings. The molecule has 1 aromatic carbocycles. The molecule has 1 aromatic heterocycles. The van der Waals surface area contributed by atoms with Gasteiger partial charge in [-0.05, 0) is 38.5 Å². The van der Waals surface area contributed by atoms with Crippen molar-refractivity contribution in [2.24, 2.45) is 5.73 Å². The Bertz CT molecular complexity index is 852. The number of esters is 1. The topological polar surface area (TPSA) is 124 Å². The number of carbonyl (C=O) groups is 3. The summed E-state index contributed by atoms with van der Waals surface area (Å²) in [5.41, 5.74) is 7.67. The van der Waals surface area contributed by atoms with E-state index in [0.29, 0.717) is 16.5 Å². The number of ether oxygens (including phenoxy) is 1. The van der Waals surface area contributed by atoms with Crippen molar-refractivity contribution in [1.82, 2.24) is 15.3 Å². The van der Waals surface area contributed by atoms with Gasteiger partial charge in [0.25, 0.3) is 5.91 Å². The molecule has 1 heterocycles. The maximum atomic E-state index is 12.4. The second-order valence-electron chi connectivity index (χ2n) is 5.78. The normalized spacial score (nSPS) is 11.5. The van der Waals surface area contributed by atoms with Crippen LogP contribution in [-0.2, 0) is 15.3 Å². The van der Waals surface area contributed by atoms with E-state index in [1.54, 1.807) is 24.3 Å². The van der Waals surface area contributed by atoms with Crippen LogP contribution in [0.15, 0.2) is 35.5 Å². The highest BCUT2D eigenvalue weighted by molar-refractivity contribution is 7.98. The number of primary amides is 1. The Hall–Kier alpha value is -2.94. The monoisotopic (exact) mass is 388 g/mol. The molecule has 0 bridgehead atoms. The first-order chi connectivity index (χ1) is 12.8. The summed E-state index contributed by atoms with van der Waals surface area (Å²) in [4.78, 5) is 43.5. The Kier molecular flexibility index (Phi) is 6.89. The van der Waals surface area contributed by atoms with E-state index in [1.807, 2.05) is 25.2 Å². The number of carbonyl (C=O) groups excluding carboxylic acids is 3. The van der Waals surface area contributed by atoms with Gasteiger partial charge in [-0.25, -0.2) is 19.6 Å². The van der Waals surface area contributed by atoms with E-state index in [1.165, 1.54) is 18.7 Å². The van der Waals surface area contributed by atoms with Gasteiger partial charge < -0.3 is 10.5 Å². The summed E-state index contributed by atoms with van der Waals surface area (Å²) in [6.45, 7) is 5.14. The summed E-state index contributed by atoms with van der Waals surface area (Å²) in [7, 11) is 0. The molecule has 0 spiro atoms. The molecule has 2 rings (SSSR count). The molecule has 0 aliphatic rings. The van der Waals surface area contributed by atoms with Crippen LogP contribution >= 0.6 is 11.8 Å². The van der Waals surface area contributed by atoms with E-state index in [-0.39, 0.29) is 0 Å². The van der Waals surface area contributed by atoms with Gasteiger partial charge in [0, 0.05) is 17.1 Å². The van der Waals surface area contributed by atoms with Crippen LogP contribution in [-0.4, -0.2) is 34.0 Å². The molecule has 142 valence electrons. The van der Waals surface area contributed by atoms with Gasteiger partial charge in [0.1, 0.15) is 0 Å². The Morgan fingerprint density at radius 3 is 2.44 bits per heavy atom. The molecule has 0 aliphatic carbocycles. The third-order valence-corrected chi connectivity index (χ3v) is 4.35. The number of amides is 3. The lowest BCUT2D eigenvalue weighted by atomic mass is 10.1. The lowest BCUT2D eigenvalue weighted by Crippen LogP contribution is -2.42. The molecule has 0 radical (unpaired) electrons. The molecule has 3 N–H and O–H groups in total. The van der Waals surface area contributed by atoms with Crippen molar-refractivity contribution in [3.8, 4) is 0 Å². The van der Waals surface area contributed by atoms with Crippen LogP contribution in [0.5, 0.6) is 0 Å². The predicted molar refractivity (Wildman–Crippen MR) is 100 cm³/mol. The first kappa shape index (κ1) is 20.4. The summed E-state index contributed by atoms with van der Waals surface area (Å²) in [5, 5.41) is 2.49. The number of nitrogens with zero attached hydrogens (tertiary/aromatic N) is 2. The molecule has 8 nitrogen and oxygen atoms in total. The Labute approximate surface area is 160 Å². The summed E-state index contributed by atoms with van der Waals surface area (Å²) in [6.07, 6.45) is -1.16. The largest absolute Gasteiger partial charge is 0.449 e. The van der Waals surface area contributed by atoms with Crippen molar-refractivity contribution in [2.45, 2.75) is 37.8 Å². The van der Waals surface area contributed by atoms with Gasteiger partial charge in [-0.15, -0.1) is 0 Å². The fraction of sp³-hybridized carbons (Fsp3) is 0.278. The number of hydrogen-bond acceptors (Lipinski definition) is 7. The summed E-state index contributed by atoms with van der Waals surface area (Å²) in [6, 6.07) is 7.78. The first-order valence-corrected chi connectivity index (χ1v) is 9.09. The molecule has 27 heavy (non-hydrogen) atoms. The maximum Gasteiger partial charge on any atom is 0.339 e. The molecule has 3 amide bonds. The molecule has 0 aliphatic heterocycles. The lowest BCUT2D eigenvalue weighted by molar-refractivity contribution is -0.127. The van der Waals surface area contributed by atoms with Crippen molar-refractivity contribution in [1.29, 1.82) is 0 Å². The number of nitrogens with one attached hydrogen (secondary N) is 1. The van der Waals surface area contributed by atoms with Crippen LogP contribution in [0.2, 0.25) is 0 Å². The van der Waals surface area contributed by atoms with E-state index in [4.69, 9.17) is 10.5 Å². The third-order valence-electron chi connectivity index (χ3n) is 3.46. The third kappa shape index (κ3) is 6.07. The predicted octanol–water partition coefficient (Wildman–Crippen LogP) is 2.13. The molecular weight excluding hydrogens is 368 g/mol. The summed E-state index contributed by atoms with van der Waals surface area (Å²) >= 11 is 1.40. The van der Waals surface area contributed by atoms with Crippen LogP contribution in [0.3, 0.4) is 0 Å². The molecule has 1 atom stereocenters. The molecule has 9 heteroatoms. The minimum absolute atomic E-state index is 0.327. The Morgan fingerprint density at radius 1 is 1.19 bits per heavy atom. The quantitative estimate of drug-likeness (QED) is 0.441. The van der Waals surface area contributed by atoms with E-state index in [0.717, 1.165) is 17.0 Å². The highest BCUT2D eigenvalue weighted by atomic mass is 32.2. The SMILES string of the molecule is Cc1cc(C)nc(SCc2ccccc2C(=O)O[C@H](C)C(=O)NC(N)=O)n1. The minimum Gasteiger partial charge on any atom is -0.449 e. The van der Waals surface area contributed by atoms with Crippen molar-refractivity contribution in [3.05, 3.63) is 52.8 Å². The number of benzene rings is 1. The van der Waals surface area contributed by atoms with Gasteiger partial charge in [0.15, 0.2) is 11.3 Å². The first-order valence-electron chi connectivity index (χ1n) is 8.10. The van der Waals surface area contributed by atoms with E-state index in [9.17, 15) is 14.4 Å². The Balaban J connectivity index is 2.09. The molecule has 0 saturated carbocycles. The van der Waals surface area contributed by atoms with Gasteiger partial charge in [-0.3, -0.25) is 10.1 Å². The number of hydrogen-bond donors (Lipinski definition) is 2. The number of urea groups is 1. The molecule has 0 unspecified atom stereocenters. The average molecular weight is 388 g/mol. The van der Waals surface area contributed by atoms with Gasteiger partial charge in [-0.1, -0.05) is 30.0 Å². The van der Waals surface area contributed by atoms with Gasteiger partial charge in [0.05, 0.1) is 5.56 Å². The van der Waals surface area contributed by atoms with E-state index >= 15 is 0 Å². The number of imide groups is 1. The number of aromatic nitrogens is 2. The smallest absolute Gasteiger partial charge is 0.339 e. The van der Waals surface area contributed by atoms with Gasteiger partial charge in [-0.2, -0.15) is 0 Å². The highest BCUT2D eigenvalue weighted by Gasteiger charge is 2.21.